The maximum Gasteiger partial charge on any atom is 0.325 e. The van der Waals surface area contributed by atoms with Crippen molar-refractivity contribution in [3.63, 3.8) is 0 Å². The molecular weight excluding hydrogens is 655 g/mol. The van der Waals surface area contributed by atoms with E-state index in [0.717, 1.165) is 30.6 Å². The smallest absolute Gasteiger partial charge is 0.325 e. The molecule has 3 amide bonds. The summed E-state index contributed by atoms with van der Waals surface area (Å²) in [6.07, 6.45) is 6.25. The fraction of sp³-hybridized carbons (Fsp3) is 0.600. The van der Waals surface area contributed by atoms with E-state index in [0.29, 0.717) is 94.3 Å². The van der Waals surface area contributed by atoms with Crippen LogP contribution in [0.2, 0.25) is 0 Å². The number of unbranched alkanes of at least 4 members (excludes halogenated alkanes) is 1. The number of ether oxygens (including phenoxy) is 4. The van der Waals surface area contributed by atoms with Gasteiger partial charge in [-0.15, -0.1) is 8.98 Å². The van der Waals surface area contributed by atoms with Gasteiger partial charge in [-0.25, -0.2) is 9.48 Å². The Bertz CT molecular complexity index is 1390. The Morgan fingerprint density at radius 1 is 1.02 bits per heavy atom. The lowest BCUT2D eigenvalue weighted by molar-refractivity contribution is -0.121. The molecule has 3 heterocycles. The van der Waals surface area contributed by atoms with Gasteiger partial charge < -0.3 is 34.9 Å². The Labute approximate surface area is 278 Å². The monoisotopic (exact) mass is 698 g/mol. The van der Waals surface area contributed by atoms with E-state index in [1.807, 2.05) is 11.8 Å². The Morgan fingerprint density at radius 2 is 1.72 bits per heavy atom. The van der Waals surface area contributed by atoms with Crippen molar-refractivity contribution in [2.75, 3.05) is 58.5 Å². The van der Waals surface area contributed by atoms with Crippen molar-refractivity contribution in [2.45, 2.75) is 56.2 Å². The van der Waals surface area contributed by atoms with Gasteiger partial charge in [0.15, 0.2) is 0 Å². The number of urea groups is 1. The van der Waals surface area contributed by atoms with Gasteiger partial charge in [0.2, 0.25) is 5.91 Å². The van der Waals surface area contributed by atoms with Crippen molar-refractivity contribution >= 4 is 40.0 Å². The number of fused-ring (bicyclic) bond motifs is 1. The maximum atomic E-state index is 12.6. The third-order valence-corrected chi connectivity index (χ3v) is 9.32. The summed E-state index contributed by atoms with van der Waals surface area (Å²) in [7, 11) is -4.66. The zero-order chi connectivity index (χ0) is 33.3. The molecule has 47 heavy (non-hydrogen) atoms. The number of aromatic nitrogens is 3. The molecule has 1 aromatic carbocycles. The summed E-state index contributed by atoms with van der Waals surface area (Å²) in [5, 5.41) is 17.9. The molecular formula is C30H43FN6O8S2. The first-order valence-electron chi connectivity index (χ1n) is 15.6. The van der Waals surface area contributed by atoms with Crippen LogP contribution in [0.3, 0.4) is 0 Å². The van der Waals surface area contributed by atoms with Crippen LogP contribution in [0, 0.1) is 0 Å². The number of amides is 3. The maximum absolute atomic E-state index is 12.6. The van der Waals surface area contributed by atoms with Gasteiger partial charge in [0, 0.05) is 24.0 Å². The van der Waals surface area contributed by atoms with Crippen LogP contribution in [-0.4, -0.2) is 111 Å². The minimum Gasteiger partial charge on any atom is -0.377 e. The first-order chi connectivity index (χ1) is 22.7. The van der Waals surface area contributed by atoms with E-state index >= 15 is 0 Å². The molecule has 0 radical (unpaired) electrons. The Hall–Kier alpha value is -3.09. The zero-order valence-corrected chi connectivity index (χ0v) is 27.8. The minimum absolute atomic E-state index is 0.0265. The first-order valence-corrected chi connectivity index (χ1v) is 18.1. The summed E-state index contributed by atoms with van der Waals surface area (Å²) >= 11 is 1.89. The molecule has 2 aliphatic rings. The van der Waals surface area contributed by atoms with E-state index in [1.54, 1.807) is 35.1 Å². The standard InChI is InChI=1S/C30H43FN6O8S2/c31-47(40,41)18-9-23-5-7-24(8-6-23)19-37-20-25(35-36-37)21-45-17-16-44-15-14-43-13-12-42-11-10-32-28(38)4-2-1-3-27-29-26(22-46-27)33-30(39)34-29/h5-9,18,20,26-27,29H,1-4,10-17,19,21-22H2,(H,32,38)(H2,33,34,39)/b18-9+/t26-,27?,29-/m0/s1. The van der Waals surface area contributed by atoms with Gasteiger partial charge in [0.05, 0.1) is 83.1 Å². The zero-order valence-electron chi connectivity index (χ0n) is 26.2. The number of thioether (sulfide) groups is 1. The molecule has 3 N–H and O–H groups in total. The lowest BCUT2D eigenvalue weighted by Crippen LogP contribution is -2.36. The Balaban J connectivity index is 0.896. The third kappa shape index (κ3) is 14.3. The van der Waals surface area contributed by atoms with Crippen LogP contribution in [0.15, 0.2) is 35.9 Å². The molecule has 1 aromatic heterocycles. The molecule has 0 aliphatic carbocycles. The molecule has 2 aromatic rings. The summed E-state index contributed by atoms with van der Waals surface area (Å²) < 4.78 is 57.5. The first kappa shape index (κ1) is 36.7. The largest absolute Gasteiger partial charge is 0.377 e. The molecule has 4 rings (SSSR count). The summed E-state index contributed by atoms with van der Waals surface area (Å²) in [5.74, 6) is 0.976. The highest BCUT2D eigenvalue weighted by Gasteiger charge is 2.42. The fourth-order valence-corrected chi connectivity index (χ4v) is 6.89. The van der Waals surface area contributed by atoms with Crippen molar-refractivity contribution in [1.82, 2.24) is 30.9 Å². The van der Waals surface area contributed by atoms with Gasteiger partial charge >= 0.3 is 16.3 Å². The number of rotatable bonds is 23. The van der Waals surface area contributed by atoms with Crippen molar-refractivity contribution in [1.29, 1.82) is 0 Å². The van der Waals surface area contributed by atoms with Gasteiger partial charge in [-0.05, 0) is 30.0 Å². The lowest BCUT2D eigenvalue weighted by Gasteiger charge is -2.16. The molecule has 17 heteroatoms. The second-order valence-corrected chi connectivity index (χ2v) is 13.5. The highest BCUT2D eigenvalue weighted by atomic mass is 32.3. The normalized spacial score (nSPS) is 19.2. The number of hydrogen-bond acceptors (Lipinski definition) is 11. The molecule has 260 valence electrons. The van der Waals surface area contributed by atoms with Crippen molar-refractivity contribution < 1.29 is 40.8 Å². The minimum atomic E-state index is -4.66. The molecule has 2 saturated heterocycles. The molecule has 3 atom stereocenters. The highest BCUT2D eigenvalue weighted by Crippen LogP contribution is 2.33. The quantitative estimate of drug-likeness (QED) is 0.0881. The second-order valence-electron chi connectivity index (χ2n) is 11.0. The van der Waals surface area contributed by atoms with Gasteiger partial charge in [-0.2, -0.15) is 20.2 Å². The topological polar surface area (TPSA) is 172 Å². The van der Waals surface area contributed by atoms with Crippen molar-refractivity contribution in [3.05, 3.63) is 52.7 Å². The second kappa shape index (κ2) is 19.7. The van der Waals surface area contributed by atoms with Crippen LogP contribution in [0.25, 0.3) is 6.08 Å². The molecule has 14 nitrogen and oxygen atoms in total. The van der Waals surface area contributed by atoms with Crippen LogP contribution in [0.5, 0.6) is 0 Å². The number of benzene rings is 1. The molecule has 0 bridgehead atoms. The number of carbonyl (C=O) groups excluding carboxylic acids is 2. The van der Waals surface area contributed by atoms with E-state index in [1.165, 1.54) is 6.08 Å². The van der Waals surface area contributed by atoms with Crippen LogP contribution in [0.1, 0.15) is 42.5 Å². The van der Waals surface area contributed by atoms with E-state index in [9.17, 15) is 21.9 Å². The highest BCUT2D eigenvalue weighted by molar-refractivity contribution is 8.00. The van der Waals surface area contributed by atoms with E-state index < -0.39 is 10.2 Å². The van der Waals surface area contributed by atoms with E-state index in [-0.39, 0.29) is 24.0 Å². The summed E-state index contributed by atoms with van der Waals surface area (Å²) in [4.78, 5) is 23.5. The predicted octanol–water partition coefficient (Wildman–Crippen LogP) is 2.00. The van der Waals surface area contributed by atoms with Gasteiger partial charge in [0.25, 0.3) is 0 Å². The average Bonchev–Trinajstić information content (AvgIpc) is 3.75. The van der Waals surface area contributed by atoms with Crippen molar-refractivity contribution in [2.24, 2.45) is 0 Å². The average molecular weight is 699 g/mol. The number of nitrogens with zero attached hydrogens (tertiary/aromatic N) is 3. The number of hydrogen-bond donors (Lipinski definition) is 3. The molecule has 0 spiro atoms. The number of halogens is 1. The fourth-order valence-electron chi connectivity index (χ4n) is 5.02. The van der Waals surface area contributed by atoms with Crippen LogP contribution < -0.4 is 16.0 Å². The SMILES string of the molecule is O=C(CCCCC1SC[C@@H]2NC(=O)N[C@H]12)NCCOCCOCCOCCOCc1cn(Cc2ccc(/C=C/S(=O)(=O)F)cc2)nn1. The van der Waals surface area contributed by atoms with Crippen molar-refractivity contribution in [3.8, 4) is 0 Å². The molecule has 0 saturated carbocycles. The molecule has 2 fully saturated rings. The Kier molecular flexibility index (Phi) is 15.4. The van der Waals surface area contributed by atoms with Crippen LogP contribution in [-0.2, 0) is 47.1 Å². The molecule has 1 unspecified atom stereocenters. The van der Waals surface area contributed by atoms with Crippen LogP contribution in [0.4, 0.5) is 8.68 Å². The third-order valence-electron chi connectivity index (χ3n) is 7.35. The summed E-state index contributed by atoms with van der Waals surface area (Å²) in [6.45, 7) is 4.18. The summed E-state index contributed by atoms with van der Waals surface area (Å²) in [6, 6.07) is 7.35. The van der Waals surface area contributed by atoms with Gasteiger partial charge in [-0.3, -0.25) is 4.79 Å². The van der Waals surface area contributed by atoms with Crippen LogP contribution >= 0.6 is 11.8 Å². The van der Waals surface area contributed by atoms with E-state index in [4.69, 9.17) is 18.9 Å². The Morgan fingerprint density at radius 3 is 2.45 bits per heavy atom. The van der Waals surface area contributed by atoms with Gasteiger partial charge in [-0.1, -0.05) is 35.9 Å². The predicted molar refractivity (Wildman–Crippen MR) is 174 cm³/mol. The number of nitrogens with one attached hydrogen (secondary N) is 3. The van der Waals surface area contributed by atoms with Gasteiger partial charge in [0.1, 0.15) is 5.69 Å². The lowest BCUT2D eigenvalue weighted by atomic mass is 10.0. The number of carbonyl (C=O) groups is 2. The summed E-state index contributed by atoms with van der Waals surface area (Å²) in [5.41, 5.74) is 2.16. The molecule has 2 aliphatic heterocycles. The van der Waals surface area contributed by atoms with E-state index in [2.05, 4.69) is 26.3 Å².